The summed E-state index contributed by atoms with van der Waals surface area (Å²) in [5.74, 6) is 0.251. The number of benzene rings is 1. The first-order chi connectivity index (χ1) is 8.97. The molecule has 1 saturated carbocycles. The van der Waals surface area contributed by atoms with Gasteiger partial charge in [0.1, 0.15) is 0 Å². The number of hydrogen-bond donors (Lipinski definition) is 1. The Hall–Kier alpha value is -0.960. The van der Waals surface area contributed by atoms with E-state index >= 15 is 0 Å². The molecular formula is C16H23F2N. The molecule has 3 unspecified atom stereocenters. The van der Waals surface area contributed by atoms with E-state index in [0.29, 0.717) is 29.7 Å². The van der Waals surface area contributed by atoms with Crippen LogP contribution in [0, 0.1) is 29.4 Å². The van der Waals surface area contributed by atoms with Crippen LogP contribution in [0.3, 0.4) is 0 Å². The first-order valence-electron chi connectivity index (χ1n) is 7.15. The molecule has 106 valence electrons. The van der Waals surface area contributed by atoms with Crippen LogP contribution in [0.5, 0.6) is 0 Å². The van der Waals surface area contributed by atoms with Crippen LogP contribution in [0.1, 0.15) is 38.7 Å². The van der Waals surface area contributed by atoms with Crippen molar-refractivity contribution in [3.05, 3.63) is 35.4 Å². The molecule has 19 heavy (non-hydrogen) atoms. The minimum absolute atomic E-state index is 0.0819. The molecule has 0 bridgehead atoms. The van der Waals surface area contributed by atoms with Gasteiger partial charge in [-0.15, -0.1) is 0 Å². The van der Waals surface area contributed by atoms with Gasteiger partial charge in [-0.25, -0.2) is 8.78 Å². The molecule has 0 amide bonds. The predicted octanol–water partition coefficient (Wildman–Crippen LogP) is 3.91. The fraction of sp³-hybridized carbons (Fsp3) is 0.625. The SMILES string of the molecule is CC1CC(C)CC(C(N)Cc2cccc(F)c2F)C1. The Balaban J connectivity index is 2.04. The minimum atomic E-state index is -0.782. The second-order valence-electron chi connectivity index (χ2n) is 6.26. The van der Waals surface area contributed by atoms with Crippen LogP contribution in [0.15, 0.2) is 18.2 Å². The van der Waals surface area contributed by atoms with Gasteiger partial charge < -0.3 is 5.73 Å². The highest BCUT2D eigenvalue weighted by molar-refractivity contribution is 5.20. The van der Waals surface area contributed by atoms with Crippen molar-refractivity contribution in [1.82, 2.24) is 0 Å². The van der Waals surface area contributed by atoms with Gasteiger partial charge in [0.25, 0.3) is 0 Å². The van der Waals surface area contributed by atoms with Crippen molar-refractivity contribution in [1.29, 1.82) is 0 Å². The van der Waals surface area contributed by atoms with Crippen LogP contribution >= 0.6 is 0 Å². The zero-order chi connectivity index (χ0) is 14.0. The summed E-state index contributed by atoms with van der Waals surface area (Å²) in [5, 5.41) is 0. The maximum Gasteiger partial charge on any atom is 0.162 e. The number of hydrogen-bond acceptors (Lipinski definition) is 1. The highest BCUT2D eigenvalue weighted by Crippen LogP contribution is 2.35. The fourth-order valence-corrected chi connectivity index (χ4v) is 3.49. The monoisotopic (exact) mass is 267 g/mol. The van der Waals surface area contributed by atoms with E-state index in [2.05, 4.69) is 13.8 Å². The lowest BCUT2D eigenvalue weighted by Gasteiger charge is -2.35. The van der Waals surface area contributed by atoms with Gasteiger partial charge in [0.15, 0.2) is 11.6 Å². The lowest BCUT2D eigenvalue weighted by Crippen LogP contribution is -2.37. The number of halogens is 2. The van der Waals surface area contributed by atoms with Crippen molar-refractivity contribution in [2.45, 2.75) is 45.6 Å². The molecule has 0 radical (unpaired) electrons. The maximum atomic E-state index is 13.7. The molecular weight excluding hydrogens is 244 g/mol. The van der Waals surface area contributed by atoms with Crippen molar-refractivity contribution >= 4 is 0 Å². The summed E-state index contributed by atoms with van der Waals surface area (Å²) < 4.78 is 26.8. The first kappa shape index (κ1) is 14.4. The molecule has 0 aliphatic heterocycles. The summed E-state index contributed by atoms with van der Waals surface area (Å²) in [5.41, 5.74) is 6.64. The van der Waals surface area contributed by atoms with E-state index in [0.717, 1.165) is 18.9 Å². The van der Waals surface area contributed by atoms with Crippen molar-refractivity contribution in [3.63, 3.8) is 0 Å². The third-order valence-corrected chi connectivity index (χ3v) is 4.31. The molecule has 1 nitrogen and oxygen atoms in total. The maximum absolute atomic E-state index is 13.7. The molecule has 0 aromatic heterocycles. The first-order valence-corrected chi connectivity index (χ1v) is 7.15. The van der Waals surface area contributed by atoms with Gasteiger partial charge in [0.05, 0.1) is 0 Å². The summed E-state index contributed by atoms with van der Waals surface area (Å²) in [7, 11) is 0. The van der Waals surface area contributed by atoms with E-state index in [1.165, 1.54) is 6.42 Å². The molecule has 1 aromatic carbocycles. The third kappa shape index (κ3) is 3.53. The molecule has 3 atom stereocenters. The van der Waals surface area contributed by atoms with Crippen LogP contribution in [-0.2, 0) is 6.42 Å². The van der Waals surface area contributed by atoms with Gasteiger partial charge in [0, 0.05) is 6.04 Å². The van der Waals surface area contributed by atoms with Gasteiger partial charge in [-0.2, -0.15) is 0 Å². The van der Waals surface area contributed by atoms with Gasteiger partial charge in [-0.3, -0.25) is 0 Å². The molecule has 2 N–H and O–H groups in total. The minimum Gasteiger partial charge on any atom is -0.327 e. The van der Waals surface area contributed by atoms with Crippen molar-refractivity contribution in [3.8, 4) is 0 Å². The van der Waals surface area contributed by atoms with Gasteiger partial charge in [-0.1, -0.05) is 26.0 Å². The summed E-state index contributed by atoms with van der Waals surface area (Å²) in [6, 6.07) is 4.25. The Labute approximate surface area is 114 Å². The lowest BCUT2D eigenvalue weighted by atomic mass is 9.73. The molecule has 2 rings (SSSR count). The normalized spacial score (nSPS) is 29.2. The molecule has 3 heteroatoms. The number of nitrogens with two attached hydrogens (primary N) is 1. The molecule has 1 aromatic rings. The highest BCUT2D eigenvalue weighted by Gasteiger charge is 2.28. The van der Waals surface area contributed by atoms with Crippen LogP contribution in [0.4, 0.5) is 8.78 Å². The van der Waals surface area contributed by atoms with E-state index in [4.69, 9.17) is 5.73 Å². The molecule has 1 aliphatic rings. The Morgan fingerprint density at radius 1 is 1.16 bits per heavy atom. The standard InChI is InChI=1S/C16H23F2N/c1-10-6-11(2)8-13(7-10)15(19)9-12-4-3-5-14(17)16(12)18/h3-5,10-11,13,15H,6-9,19H2,1-2H3. The van der Waals surface area contributed by atoms with Crippen molar-refractivity contribution in [2.24, 2.45) is 23.5 Å². The Morgan fingerprint density at radius 3 is 2.42 bits per heavy atom. The smallest absolute Gasteiger partial charge is 0.162 e. The lowest BCUT2D eigenvalue weighted by molar-refractivity contribution is 0.191. The number of rotatable bonds is 3. The molecule has 1 fully saturated rings. The molecule has 0 heterocycles. The van der Waals surface area contributed by atoms with Gasteiger partial charge in [-0.05, 0) is 55.1 Å². The van der Waals surface area contributed by atoms with Crippen LogP contribution < -0.4 is 5.73 Å². The Kier molecular flexibility index (Phi) is 4.56. The van der Waals surface area contributed by atoms with Crippen LogP contribution in [-0.4, -0.2) is 6.04 Å². The van der Waals surface area contributed by atoms with E-state index in [1.54, 1.807) is 12.1 Å². The quantitative estimate of drug-likeness (QED) is 0.883. The highest BCUT2D eigenvalue weighted by atomic mass is 19.2. The van der Waals surface area contributed by atoms with E-state index in [9.17, 15) is 8.78 Å². The second kappa shape index (κ2) is 6.00. The summed E-state index contributed by atoms with van der Waals surface area (Å²) in [6.07, 6.45) is 3.87. The average molecular weight is 267 g/mol. The predicted molar refractivity (Wildman–Crippen MR) is 73.7 cm³/mol. The summed E-state index contributed by atoms with van der Waals surface area (Å²) >= 11 is 0. The van der Waals surface area contributed by atoms with Gasteiger partial charge >= 0.3 is 0 Å². The zero-order valence-electron chi connectivity index (χ0n) is 11.7. The topological polar surface area (TPSA) is 26.0 Å². The largest absolute Gasteiger partial charge is 0.327 e. The van der Waals surface area contributed by atoms with E-state index < -0.39 is 11.6 Å². The fourth-order valence-electron chi connectivity index (χ4n) is 3.49. The van der Waals surface area contributed by atoms with Crippen LogP contribution in [0.2, 0.25) is 0 Å². The Bertz CT molecular complexity index is 423. The zero-order valence-corrected chi connectivity index (χ0v) is 11.7. The third-order valence-electron chi connectivity index (χ3n) is 4.31. The molecule has 0 saturated heterocycles. The average Bonchev–Trinajstić information content (AvgIpc) is 2.33. The summed E-state index contributed by atoms with van der Waals surface area (Å²) in [4.78, 5) is 0. The van der Waals surface area contributed by atoms with E-state index in [-0.39, 0.29) is 6.04 Å². The van der Waals surface area contributed by atoms with Crippen LogP contribution in [0.25, 0.3) is 0 Å². The van der Waals surface area contributed by atoms with E-state index in [1.807, 2.05) is 0 Å². The van der Waals surface area contributed by atoms with Crippen molar-refractivity contribution < 1.29 is 8.78 Å². The van der Waals surface area contributed by atoms with Gasteiger partial charge in [0.2, 0.25) is 0 Å². The molecule has 0 spiro atoms. The summed E-state index contributed by atoms with van der Waals surface area (Å²) in [6.45, 7) is 4.50. The molecule has 1 aliphatic carbocycles. The van der Waals surface area contributed by atoms with Crippen molar-refractivity contribution in [2.75, 3.05) is 0 Å². The Morgan fingerprint density at radius 2 is 1.79 bits per heavy atom. The second-order valence-corrected chi connectivity index (χ2v) is 6.26.